The van der Waals surface area contributed by atoms with Crippen LogP contribution in [-0.2, 0) is 0 Å². The topological polar surface area (TPSA) is 68.1 Å². The molecule has 0 amide bonds. The fourth-order valence-electron chi connectivity index (χ4n) is 2.64. The Hall–Kier alpha value is -1.36. The van der Waals surface area contributed by atoms with Crippen LogP contribution in [-0.4, -0.2) is 16.5 Å². The van der Waals surface area contributed by atoms with Gasteiger partial charge in [0, 0.05) is 12.6 Å². The third-order valence-corrected chi connectivity index (χ3v) is 3.93. The summed E-state index contributed by atoms with van der Waals surface area (Å²) >= 11 is 5.99. The molecule has 0 spiro atoms. The lowest BCUT2D eigenvalue weighted by Crippen LogP contribution is -2.21. The standard InChI is InChI=1S/C13H18ClN3O2/c1-9-3-2-4-10(5-9)7-15-13-12(14)6-11(8-16-13)17(18)19/h6,8-10H,2-5,7H2,1H3,(H,15,16). The van der Waals surface area contributed by atoms with Gasteiger partial charge in [0.25, 0.3) is 5.69 Å². The number of hydrogen-bond donors (Lipinski definition) is 1. The van der Waals surface area contributed by atoms with Crippen LogP contribution in [0.3, 0.4) is 0 Å². The molecule has 1 heterocycles. The number of hydrogen-bond acceptors (Lipinski definition) is 4. The fraction of sp³-hybridized carbons (Fsp3) is 0.615. The van der Waals surface area contributed by atoms with Crippen LogP contribution in [0.1, 0.15) is 32.6 Å². The summed E-state index contributed by atoms with van der Waals surface area (Å²) in [6.45, 7) is 3.11. The fourth-order valence-corrected chi connectivity index (χ4v) is 2.87. The average Bonchev–Trinajstić information content (AvgIpc) is 2.37. The van der Waals surface area contributed by atoms with E-state index >= 15 is 0 Å². The van der Waals surface area contributed by atoms with E-state index in [4.69, 9.17) is 11.6 Å². The molecule has 0 aliphatic heterocycles. The van der Waals surface area contributed by atoms with Gasteiger partial charge in [-0.15, -0.1) is 0 Å². The second-order valence-corrected chi connectivity index (χ2v) is 5.71. The minimum Gasteiger partial charge on any atom is -0.369 e. The monoisotopic (exact) mass is 283 g/mol. The van der Waals surface area contributed by atoms with Gasteiger partial charge in [-0.2, -0.15) is 0 Å². The van der Waals surface area contributed by atoms with Crippen molar-refractivity contribution in [3.05, 3.63) is 27.4 Å². The molecule has 1 fully saturated rings. The SMILES string of the molecule is CC1CCCC(CNc2ncc([N+](=O)[O-])cc2Cl)C1. The summed E-state index contributed by atoms with van der Waals surface area (Å²) in [5, 5.41) is 14.1. The molecule has 6 heteroatoms. The van der Waals surface area contributed by atoms with Crippen molar-refractivity contribution in [2.24, 2.45) is 11.8 Å². The van der Waals surface area contributed by atoms with E-state index in [0.29, 0.717) is 16.8 Å². The van der Waals surface area contributed by atoms with Crippen molar-refractivity contribution < 1.29 is 4.92 Å². The van der Waals surface area contributed by atoms with E-state index in [1.165, 1.54) is 37.9 Å². The second-order valence-electron chi connectivity index (χ2n) is 5.30. The maximum Gasteiger partial charge on any atom is 0.289 e. The molecule has 5 nitrogen and oxygen atoms in total. The maximum absolute atomic E-state index is 10.6. The van der Waals surface area contributed by atoms with Crippen LogP contribution in [0, 0.1) is 22.0 Å². The van der Waals surface area contributed by atoms with Gasteiger partial charge in [-0.25, -0.2) is 4.98 Å². The van der Waals surface area contributed by atoms with Crippen molar-refractivity contribution in [1.29, 1.82) is 0 Å². The molecule has 104 valence electrons. The van der Waals surface area contributed by atoms with E-state index in [2.05, 4.69) is 17.2 Å². The van der Waals surface area contributed by atoms with Crippen LogP contribution < -0.4 is 5.32 Å². The van der Waals surface area contributed by atoms with Crippen LogP contribution in [0.5, 0.6) is 0 Å². The first-order valence-corrected chi connectivity index (χ1v) is 6.98. The molecule has 0 radical (unpaired) electrons. The second kappa shape index (κ2) is 6.19. The zero-order valence-corrected chi connectivity index (χ0v) is 11.7. The van der Waals surface area contributed by atoms with Crippen molar-refractivity contribution in [1.82, 2.24) is 4.98 Å². The van der Waals surface area contributed by atoms with Crippen molar-refractivity contribution in [2.45, 2.75) is 32.6 Å². The lowest BCUT2D eigenvalue weighted by Gasteiger charge is -2.27. The molecular weight excluding hydrogens is 266 g/mol. The third kappa shape index (κ3) is 3.80. The Bertz CT molecular complexity index is 467. The molecule has 1 aromatic rings. The van der Waals surface area contributed by atoms with Gasteiger partial charge in [-0.05, 0) is 24.7 Å². The predicted octanol–water partition coefficient (Wildman–Crippen LogP) is 3.88. The van der Waals surface area contributed by atoms with Gasteiger partial charge in [-0.3, -0.25) is 10.1 Å². The molecule has 1 N–H and O–H groups in total. The van der Waals surface area contributed by atoms with Crippen LogP contribution in [0.4, 0.5) is 11.5 Å². The van der Waals surface area contributed by atoms with E-state index in [-0.39, 0.29) is 5.69 Å². The van der Waals surface area contributed by atoms with E-state index in [0.717, 1.165) is 12.5 Å². The summed E-state index contributed by atoms with van der Waals surface area (Å²) in [7, 11) is 0. The molecule has 0 saturated heterocycles. The number of pyridine rings is 1. The summed E-state index contributed by atoms with van der Waals surface area (Å²) in [6.07, 6.45) is 6.26. The first kappa shape index (κ1) is 14.1. The first-order chi connectivity index (χ1) is 9.06. The highest BCUT2D eigenvalue weighted by Crippen LogP contribution is 2.30. The van der Waals surface area contributed by atoms with Gasteiger partial charge in [0.15, 0.2) is 0 Å². The molecule has 19 heavy (non-hydrogen) atoms. The number of rotatable bonds is 4. The molecule has 0 bridgehead atoms. The molecule has 1 aliphatic carbocycles. The maximum atomic E-state index is 10.6. The highest BCUT2D eigenvalue weighted by molar-refractivity contribution is 6.33. The number of anilines is 1. The quantitative estimate of drug-likeness (QED) is 0.672. The molecule has 2 rings (SSSR count). The van der Waals surface area contributed by atoms with E-state index < -0.39 is 4.92 Å². The lowest BCUT2D eigenvalue weighted by atomic mass is 9.82. The predicted molar refractivity (Wildman–Crippen MR) is 75.5 cm³/mol. The minimum atomic E-state index is -0.495. The zero-order chi connectivity index (χ0) is 13.8. The molecule has 1 saturated carbocycles. The van der Waals surface area contributed by atoms with E-state index in [1.807, 2.05) is 0 Å². The van der Waals surface area contributed by atoms with Crippen molar-refractivity contribution in [3.8, 4) is 0 Å². The number of halogens is 1. The van der Waals surface area contributed by atoms with Gasteiger partial charge in [0.1, 0.15) is 12.0 Å². The average molecular weight is 284 g/mol. The van der Waals surface area contributed by atoms with Crippen molar-refractivity contribution in [3.63, 3.8) is 0 Å². The van der Waals surface area contributed by atoms with Crippen molar-refractivity contribution >= 4 is 23.1 Å². The van der Waals surface area contributed by atoms with Crippen molar-refractivity contribution in [2.75, 3.05) is 11.9 Å². The molecule has 2 unspecified atom stereocenters. The number of nitrogens with zero attached hydrogens (tertiary/aromatic N) is 2. The van der Waals surface area contributed by atoms with E-state index in [9.17, 15) is 10.1 Å². The lowest BCUT2D eigenvalue weighted by molar-refractivity contribution is -0.385. The Morgan fingerprint density at radius 2 is 2.37 bits per heavy atom. The smallest absolute Gasteiger partial charge is 0.289 e. The molecule has 2 atom stereocenters. The highest BCUT2D eigenvalue weighted by atomic mass is 35.5. The molecular formula is C13H18ClN3O2. The van der Waals surface area contributed by atoms with Gasteiger partial charge >= 0.3 is 0 Å². The van der Waals surface area contributed by atoms with E-state index in [1.54, 1.807) is 0 Å². The summed E-state index contributed by atoms with van der Waals surface area (Å²) in [5.41, 5.74) is -0.0816. The van der Waals surface area contributed by atoms with Gasteiger partial charge in [-0.1, -0.05) is 31.4 Å². The largest absolute Gasteiger partial charge is 0.369 e. The third-order valence-electron chi connectivity index (χ3n) is 3.64. The number of nitrogens with one attached hydrogen (secondary N) is 1. The highest BCUT2D eigenvalue weighted by Gasteiger charge is 2.19. The van der Waals surface area contributed by atoms with Crippen LogP contribution in [0.2, 0.25) is 5.02 Å². The summed E-state index contributed by atoms with van der Waals surface area (Å²) in [4.78, 5) is 14.1. The summed E-state index contributed by atoms with van der Waals surface area (Å²) in [6, 6.07) is 1.33. The first-order valence-electron chi connectivity index (χ1n) is 6.60. The molecule has 0 aromatic carbocycles. The summed E-state index contributed by atoms with van der Waals surface area (Å²) < 4.78 is 0. The minimum absolute atomic E-state index is 0.0816. The van der Waals surface area contributed by atoms with Gasteiger partial charge in [0.2, 0.25) is 0 Å². The normalized spacial score (nSPS) is 23.1. The van der Waals surface area contributed by atoms with Crippen LogP contribution in [0.15, 0.2) is 12.3 Å². The van der Waals surface area contributed by atoms with Crippen LogP contribution in [0.25, 0.3) is 0 Å². The summed E-state index contributed by atoms with van der Waals surface area (Å²) in [5.74, 6) is 1.95. The Labute approximate surface area is 117 Å². The number of nitro groups is 1. The van der Waals surface area contributed by atoms with Gasteiger partial charge in [0.05, 0.1) is 9.95 Å². The molecule has 1 aliphatic rings. The van der Waals surface area contributed by atoms with Crippen LogP contribution >= 0.6 is 11.6 Å². The number of aromatic nitrogens is 1. The van der Waals surface area contributed by atoms with Gasteiger partial charge < -0.3 is 5.32 Å². The zero-order valence-electron chi connectivity index (χ0n) is 10.9. The molecule has 1 aromatic heterocycles. The Kier molecular flexibility index (Phi) is 4.58. The Balaban J connectivity index is 1.94. The Morgan fingerprint density at radius 1 is 1.58 bits per heavy atom. The Morgan fingerprint density at radius 3 is 3.00 bits per heavy atom.